The number of methoxy groups -OCH3 is 1. The van der Waals surface area contributed by atoms with Crippen molar-refractivity contribution in [2.24, 2.45) is 0 Å². The van der Waals surface area contributed by atoms with E-state index >= 15 is 0 Å². The molecule has 3 nitrogen and oxygen atoms in total. The third-order valence-electron chi connectivity index (χ3n) is 2.67. The molecule has 0 spiro atoms. The van der Waals surface area contributed by atoms with Gasteiger partial charge in [-0.15, -0.1) is 0 Å². The van der Waals surface area contributed by atoms with Crippen LogP contribution in [0, 0.1) is 0 Å². The molecule has 100 valence electrons. The van der Waals surface area contributed by atoms with Gasteiger partial charge in [0.05, 0.1) is 7.11 Å². The number of ether oxygens (including phenoxy) is 1. The Hall–Kier alpha value is -1.39. The zero-order valence-corrected chi connectivity index (χ0v) is 12.6. The van der Waals surface area contributed by atoms with Crippen LogP contribution in [0.4, 0.5) is 5.69 Å². The summed E-state index contributed by atoms with van der Waals surface area (Å²) in [5, 5.41) is 13.5. The molecule has 0 atom stereocenters. The number of aromatic hydroxyl groups is 1. The molecule has 0 amide bonds. The number of hydrogen-bond acceptors (Lipinski definition) is 3. The highest BCUT2D eigenvalue weighted by molar-refractivity contribution is 9.10. The van der Waals surface area contributed by atoms with Gasteiger partial charge in [-0.3, -0.25) is 0 Å². The zero-order chi connectivity index (χ0) is 13.8. The van der Waals surface area contributed by atoms with Crippen molar-refractivity contribution in [1.29, 1.82) is 0 Å². The SMILES string of the molecule is COc1cc(Br)cc(NCc2c(O)cccc2Cl)c1. The van der Waals surface area contributed by atoms with Crippen molar-refractivity contribution in [3.05, 3.63) is 51.5 Å². The molecule has 0 aliphatic rings. The molecule has 0 aliphatic carbocycles. The van der Waals surface area contributed by atoms with E-state index in [1.54, 1.807) is 25.3 Å². The first-order chi connectivity index (χ1) is 9.10. The van der Waals surface area contributed by atoms with E-state index in [0.717, 1.165) is 15.9 Å². The van der Waals surface area contributed by atoms with Crippen LogP contribution in [0.5, 0.6) is 11.5 Å². The molecule has 2 aromatic carbocycles. The quantitative estimate of drug-likeness (QED) is 0.863. The second-order valence-electron chi connectivity index (χ2n) is 3.97. The van der Waals surface area contributed by atoms with Gasteiger partial charge in [0.1, 0.15) is 11.5 Å². The van der Waals surface area contributed by atoms with E-state index in [1.165, 1.54) is 0 Å². The Kier molecular flexibility index (Phi) is 4.56. The molecule has 5 heteroatoms. The van der Waals surface area contributed by atoms with Crippen LogP contribution in [0.1, 0.15) is 5.56 Å². The second-order valence-corrected chi connectivity index (χ2v) is 5.29. The van der Waals surface area contributed by atoms with Crippen LogP contribution in [0.2, 0.25) is 5.02 Å². The average molecular weight is 343 g/mol. The second kappa shape index (κ2) is 6.17. The predicted molar refractivity (Wildman–Crippen MR) is 81.1 cm³/mol. The molecule has 19 heavy (non-hydrogen) atoms. The standard InChI is InChI=1S/C14H13BrClNO2/c1-19-11-6-9(15)5-10(7-11)17-8-12-13(16)3-2-4-14(12)18/h2-7,17-18H,8H2,1H3. The Bertz CT molecular complexity index is 569. The number of rotatable bonds is 4. The molecule has 0 radical (unpaired) electrons. The fourth-order valence-corrected chi connectivity index (χ4v) is 2.40. The molecule has 0 heterocycles. The normalized spacial score (nSPS) is 10.3. The van der Waals surface area contributed by atoms with Crippen LogP contribution in [0.15, 0.2) is 40.9 Å². The van der Waals surface area contributed by atoms with Gasteiger partial charge in [0.15, 0.2) is 0 Å². The summed E-state index contributed by atoms with van der Waals surface area (Å²) in [6.45, 7) is 0.436. The van der Waals surface area contributed by atoms with Gasteiger partial charge in [0.2, 0.25) is 0 Å². The Labute approximate surface area is 125 Å². The minimum Gasteiger partial charge on any atom is -0.508 e. The molecule has 0 aromatic heterocycles. The van der Waals surface area contributed by atoms with Gasteiger partial charge < -0.3 is 15.2 Å². The Morgan fingerprint density at radius 2 is 2.11 bits per heavy atom. The van der Waals surface area contributed by atoms with Crippen molar-refractivity contribution in [2.75, 3.05) is 12.4 Å². The van der Waals surface area contributed by atoms with Crippen LogP contribution in [0.25, 0.3) is 0 Å². The maximum absolute atomic E-state index is 9.77. The summed E-state index contributed by atoms with van der Waals surface area (Å²) in [6.07, 6.45) is 0. The van der Waals surface area contributed by atoms with Gasteiger partial charge in [-0.1, -0.05) is 33.6 Å². The topological polar surface area (TPSA) is 41.5 Å². The van der Waals surface area contributed by atoms with Crippen LogP contribution >= 0.6 is 27.5 Å². The fraction of sp³-hybridized carbons (Fsp3) is 0.143. The molecule has 0 bridgehead atoms. The largest absolute Gasteiger partial charge is 0.508 e. The lowest BCUT2D eigenvalue weighted by Gasteiger charge is -2.11. The minimum atomic E-state index is 0.182. The Balaban J connectivity index is 2.16. The van der Waals surface area contributed by atoms with Crippen molar-refractivity contribution in [3.8, 4) is 11.5 Å². The first-order valence-corrected chi connectivity index (χ1v) is 6.82. The van der Waals surface area contributed by atoms with E-state index in [1.807, 2.05) is 18.2 Å². The van der Waals surface area contributed by atoms with E-state index in [2.05, 4.69) is 21.2 Å². The lowest BCUT2D eigenvalue weighted by molar-refractivity contribution is 0.414. The van der Waals surface area contributed by atoms with Gasteiger partial charge in [0.25, 0.3) is 0 Å². The molecule has 2 aromatic rings. The number of phenols is 1. The van der Waals surface area contributed by atoms with E-state index in [9.17, 15) is 5.11 Å². The molecular weight excluding hydrogens is 330 g/mol. The van der Waals surface area contributed by atoms with Crippen molar-refractivity contribution in [1.82, 2.24) is 0 Å². The minimum absolute atomic E-state index is 0.182. The summed E-state index contributed by atoms with van der Waals surface area (Å²) in [7, 11) is 1.62. The fourth-order valence-electron chi connectivity index (χ4n) is 1.70. The highest BCUT2D eigenvalue weighted by Crippen LogP contribution is 2.28. The summed E-state index contributed by atoms with van der Waals surface area (Å²) in [4.78, 5) is 0. The molecule has 0 saturated heterocycles. The number of anilines is 1. The number of halogens is 2. The zero-order valence-electron chi connectivity index (χ0n) is 10.3. The molecule has 0 aliphatic heterocycles. The number of nitrogens with one attached hydrogen (secondary N) is 1. The van der Waals surface area contributed by atoms with E-state index in [4.69, 9.17) is 16.3 Å². The molecule has 0 unspecified atom stereocenters. The summed E-state index contributed by atoms with van der Waals surface area (Å²) >= 11 is 9.47. The van der Waals surface area contributed by atoms with Crippen LogP contribution in [-0.2, 0) is 6.54 Å². The van der Waals surface area contributed by atoms with Gasteiger partial charge in [-0.25, -0.2) is 0 Å². The smallest absolute Gasteiger partial charge is 0.122 e. The number of phenolic OH excluding ortho intramolecular Hbond substituents is 1. The van der Waals surface area contributed by atoms with Gasteiger partial charge in [0, 0.05) is 33.4 Å². The van der Waals surface area contributed by atoms with Crippen molar-refractivity contribution >= 4 is 33.2 Å². The summed E-state index contributed by atoms with van der Waals surface area (Å²) in [5.74, 6) is 0.933. The highest BCUT2D eigenvalue weighted by atomic mass is 79.9. The summed E-state index contributed by atoms with van der Waals surface area (Å²) in [5.41, 5.74) is 1.55. The third kappa shape index (κ3) is 3.55. The lowest BCUT2D eigenvalue weighted by atomic mass is 10.2. The number of hydrogen-bond donors (Lipinski definition) is 2. The van der Waals surface area contributed by atoms with Crippen LogP contribution < -0.4 is 10.1 Å². The van der Waals surface area contributed by atoms with Crippen LogP contribution in [-0.4, -0.2) is 12.2 Å². The summed E-state index contributed by atoms with van der Waals surface area (Å²) < 4.78 is 6.10. The highest BCUT2D eigenvalue weighted by Gasteiger charge is 2.06. The average Bonchev–Trinajstić information content (AvgIpc) is 2.37. The van der Waals surface area contributed by atoms with Gasteiger partial charge in [-0.2, -0.15) is 0 Å². The van der Waals surface area contributed by atoms with Crippen molar-refractivity contribution in [3.63, 3.8) is 0 Å². The van der Waals surface area contributed by atoms with Gasteiger partial charge >= 0.3 is 0 Å². The van der Waals surface area contributed by atoms with E-state index in [-0.39, 0.29) is 5.75 Å². The number of benzene rings is 2. The Morgan fingerprint density at radius 1 is 1.32 bits per heavy atom. The van der Waals surface area contributed by atoms with Crippen molar-refractivity contribution in [2.45, 2.75) is 6.54 Å². The molecular formula is C14H13BrClNO2. The molecule has 0 saturated carbocycles. The molecule has 2 N–H and O–H groups in total. The maximum atomic E-state index is 9.77. The Morgan fingerprint density at radius 3 is 2.79 bits per heavy atom. The molecule has 0 fully saturated rings. The first-order valence-electron chi connectivity index (χ1n) is 5.65. The monoisotopic (exact) mass is 341 g/mol. The van der Waals surface area contributed by atoms with Crippen molar-refractivity contribution < 1.29 is 9.84 Å². The first kappa shape index (κ1) is 14.0. The van der Waals surface area contributed by atoms with E-state index in [0.29, 0.717) is 17.1 Å². The predicted octanol–water partition coefficient (Wildman–Crippen LogP) is 4.43. The van der Waals surface area contributed by atoms with Gasteiger partial charge in [-0.05, 0) is 24.3 Å². The lowest BCUT2D eigenvalue weighted by Crippen LogP contribution is -2.01. The van der Waals surface area contributed by atoms with Crippen LogP contribution in [0.3, 0.4) is 0 Å². The third-order valence-corrected chi connectivity index (χ3v) is 3.48. The molecule has 2 rings (SSSR count). The maximum Gasteiger partial charge on any atom is 0.122 e. The van der Waals surface area contributed by atoms with E-state index < -0.39 is 0 Å². The summed E-state index contributed by atoms with van der Waals surface area (Å²) in [6, 6.07) is 10.8.